The van der Waals surface area contributed by atoms with Gasteiger partial charge in [-0.15, -0.1) is 11.3 Å². The highest BCUT2D eigenvalue weighted by atomic mass is 79.9. The van der Waals surface area contributed by atoms with E-state index in [0.29, 0.717) is 10.7 Å². The van der Waals surface area contributed by atoms with Crippen molar-refractivity contribution in [2.75, 3.05) is 5.32 Å². The van der Waals surface area contributed by atoms with E-state index >= 15 is 0 Å². The van der Waals surface area contributed by atoms with Crippen LogP contribution in [0, 0.1) is 0 Å². The number of carbonyl (C=O) groups is 1. The summed E-state index contributed by atoms with van der Waals surface area (Å²) in [7, 11) is 0. The normalized spacial score (nSPS) is 11.5. The number of halogens is 1. The van der Waals surface area contributed by atoms with Gasteiger partial charge in [-0.3, -0.25) is 14.8 Å². The first kappa shape index (κ1) is 16.9. The second-order valence-electron chi connectivity index (χ2n) is 6.35. The van der Waals surface area contributed by atoms with Crippen molar-refractivity contribution >= 4 is 38.3 Å². The molecular weight excluding hydrogens is 388 g/mol. The molecule has 0 spiro atoms. The van der Waals surface area contributed by atoms with E-state index in [0.717, 1.165) is 15.7 Å². The van der Waals surface area contributed by atoms with Crippen LogP contribution in [0.5, 0.6) is 0 Å². The van der Waals surface area contributed by atoms with E-state index in [2.05, 4.69) is 31.3 Å². The predicted octanol–water partition coefficient (Wildman–Crippen LogP) is 4.78. The van der Waals surface area contributed by atoms with Crippen molar-refractivity contribution in [3.63, 3.8) is 0 Å². The fourth-order valence-corrected chi connectivity index (χ4v) is 3.20. The molecule has 0 aliphatic carbocycles. The number of thiazole rings is 1. The Morgan fingerprint density at radius 3 is 2.79 bits per heavy atom. The number of anilines is 1. The maximum Gasteiger partial charge on any atom is 0.260 e. The van der Waals surface area contributed by atoms with Crippen molar-refractivity contribution in [1.82, 2.24) is 14.8 Å². The molecule has 0 unspecified atom stereocenters. The van der Waals surface area contributed by atoms with Gasteiger partial charge in [0.2, 0.25) is 0 Å². The summed E-state index contributed by atoms with van der Waals surface area (Å²) in [5.41, 5.74) is 2.20. The topological polar surface area (TPSA) is 59.8 Å². The molecule has 0 atom stereocenters. The molecule has 0 saturated carbocycles. The standard InChI is InChI=1S/C17H17BrN4OS/c1-17(2,3)22-9-12(8-19-22)15(23)21-16-20-14(10-24-16)11-5-4-6-13(18)7-11/h4-10H,1-3H3,(H,20,21,23). The van der Waals surface area contributed by atoms with Gasteiger partial charge in [0.25, 0.3) is 5.91 Å². The van der Waals surface area contributed by atoms with Crippen molar-refractivity contribution in [2.45, 2.75) is 26.3 Å². The van der Waals surface area contributed by atoms with Crippen LogP contribution in [0.4, 0.5) is 5.13 Å². The number of amides is 1. The van der Waals surface area contributed by atoms with Gasteiger partial charge in [0.05, 0.1) is 23.0 Å². The van der Waals surface area contributed by atoms with Gasteiger partial charge >= 0.3 is 0 Å². The molecule has 0 aliphatic heterocycles. The lowest BCUT2D eigenvalue weighted by molar-refractivity contribution is 0.102. The zero-order chi connectivity index (χ0) is 17.3. The molecule has 2 aromatic heterocycles. The van der Waals surface area contributed by atoms with Gasteiger partial charge in [0.1, 0.15) is 0 Å². The lowest BCUT2D eigenvalue weighted by atomic mass is 10.1. The average molecular weight is 405 g/mol. The minimum atomic E-state index is -0.208. The van der Waals surface area contributed by atoms with Gasteiger partial charge in [-0.25, -0.2) is 4.98 Å². The summed E-state index contributed by atoms with van der Waals surface area (Å²) in [5, 5.41) is 9.57. The first-order chi connectivity index (χ1) is 11.3. The van der Waals surface area contributed by atoms with Crippen LogP contribution in [-0.2, 0) is 5.54 Å². The summed E-state index contributed by atoms with van der Waals surface area (Å²) >= 11 is 4.85. The SMILES string of the molecule is CC(C)(C)n1cc(C(=O)Nc2nc(-c3cccc(Br)c3)cs2)cn1. The summed E-state index contributed by atoms with van der Waals surface area (Å²) in [6.07, 6.45) is 3.32. The Bertz CT molecular complexity index is 879. The maximum atomic E-state index is 12.3. The number of hydrogen-bond acceptors (Lipinski definition) is 4. The second-order valence-corrected chi connectivity index (χ2v) is 8.12. The first-order valence-corrected chi connectivity index (χ1v) is 9.08. The zero-order valence-corrected chi connectivity index (χ0v) is 16.0. The number of benzene rings is 1. The molecular formula is C17H17BrN4OS. The van der Waals surface area contributed by atoms with Crippen molar-refractivity contribution in [1.29, 1.82) is 0 Å². The molecule has 3 rings (SSSR count). The van der Waals surface area contributed by atoms with E-state index in [9.17, 15) is 4.79 Å². The Balaban J connectivity index is 1.75. The summed E-state index contributed by atoms with van der Waals surface area (Å²) in [6, 6.07) is 7.90. The van der Waals surface area contributed by atoms with Gasteiger partial charge < -0.3 is 0 Å². The highest BCUT2D eigenvalue weighted by Gasteiger charge is 2.17. The number of rotatable bonds is 3. The minimum absolute atomic E-state index is 0.159. The van der Waals surface area contributed by atoms with Crippen LogP contribution in [0.15, 0.2) is 46.5 Å². The Morgan fingerprint density at radius 1 is 1.33 bits per heavy atom. The zero-order valence-electron chi connectivity index (χ0n) is 13.6. The Labute approximate surface area is 152 Å². The first-order valence-electron chi connectivity index (χ1n) is 7.41. The van der Waals surface area contributed by atoms with Crippen LogP contribution in [0.1, 0.15) is 31.1 Å². The smallest absolute Gasteiger partial charge is 0.260 e. The molecule has 1 N–H and O–H groups in total. The number of carbonyl (C=O) groups excluding carboxylic acids is 1. The molecule has 0 aliphatic rings. The van der Waals surface area contributed by atoms with Gasteiger partial charge in [-0.05, 0) is 32.9 Å². The monoisotopic (exact) mass is 404 g/mol. The van der Waals surface area contributed by atoms with Crippen molar-refractivity contribution in [3.8, 4) is 11.3 Å². The average Bonchev–Trinajstić information content (AvgIpc) is 3.16. The number of hydrogen-bond donors (Lipinski definition) is 1. The highest BCUT2D eigenvalue weighted by molar-refractivity contribution is 9.10. The van der Waals surface area contributed by atoms with E-state index < -0.39 is 0 Å². The molecule has 0 saturated heterocycles. The molecule has 1 amide bonds. The lowest BCUT2D eigenvalue weighted by Gasteiger charge is -2.18. The minimum Gasteiger partial charge on any atom is -0.298 e. The summed E-state index contributed by atoms with van der Waals surface area (Å²) in [6.45, 7) is 6.10. The van der Waals surface area contributed by atoms with Crippen molar-refractivity contribution < 1.29 is 4.79 Å². The largest absolute Gasteiger partial charge is 0.298 e. The number of aromatic nitrogens is 3. The molecule has 0 radical (unpaired) electrons. The van der Waals surface area contributed by atoms with Gasteiger partial charge in [0, 0.05) is 21.6 Å². The van der Waals surface area contributed by atoms with Crippen LogP contribution in [-0.4, -0.2) is 20.7 Å². The van der Waals surface area contributed by atoms with E-state index in [1.807, 2.05) is 50.4 Å². The third kappa shape index (κ3) is 3.73. The van der Waals surface area contributed by atoms with Crippen molar-refractivity contribution in [2.24, 2.45) is 0 Å². The second kappa shape index (κ2) is 6.49. The van der Waals surface area contributed by atoms with E-state index in [-0.39, 0.29) is 11.4 Å². The van der Waals surface area contributed by atoms with Crippen LogP contribution in [0.25, 0.3) is 11.3 Å². The third-order valence-corrected chi connectivity index (χ3v) is 4.63. The Morgan fingerprint density at radius 2 is 2.12 bits per heavy atom. The van der Waals surface area contributed by atoms with Crippen LogP contribution in [0.3, 0.4) is 0 Å². The molecule has 124 valence electrons. The molecule has 0 fully saturated rings. The lowest BCUT2D eigenvalue weighted by Crippen LogP contribution is -2.22. The molecule has 7 heteroatoms. The number of nitrogens with zero attached hydrogens (tertiary/aromatic N) is 3. The molecule has 3 aromatic rings. The summed E-state index contributed by atoms with van der Waals surface area (Å²) in [5.74, 6) is -0.208. The molecule has 5 nitrogen and oxygen atoms in total. The Hall–Kier alpha value is -1.99. The summed E-state index contributed by atoms with van der Waals surface area (Å²) < 4.78 is 2.77. The van der Waals surface area contributed by atoms with Crippen LogP contribution in [0.2, 0.25) is 0 Å². The fourth-order valence-electron chi connectivity index (χ4n) is 2.09. The van der Waals surface area contributed by atoms with E-state index in [1.165, 1.54) is 11.3 Å². The van der Waals surface area contributed by atoms with Crippen LogP contribution >= 0.6 is 27.3 Å². The molecule has 24 heavy (non-hydrogen) atoms. The molecule has 0 bridgehead atoms. The predicted molar refractivity (Wildman–Crippen MR) is 100 cm³/mol. The van der Waals surface area contributed by atoms with Gasteiger partial charge in [-0.1, -0.05) is 28.1 Å². The van der Waals surface area contributed by atoms with Crippen molar-refractivity contribution in [3.05, 3.63) is 52.1 Å². The molecule has 2 heterocycles. The van der Waals surface area contributed by atoms with E-state index in [1.54, 1.807) is 17.1 Å². The Kier molecular flexibility index (Phi) is 4.56. The highest BCUT2D eigenvalue weighted by Crippen LogP contribution is 2.27. The third-order valence-electron chi connectivity index (χ3n) is 3.38. The van der Waals surface area contributed by atoms with Crippen LogP contribution < -0.4 is 5.32 Å². The molecule has 1 aromatic carbocycles. The van der Waals surface area contributed by atoms with Gasteiger partial charge in [0.15, 0.2) is 5.13 Å². The quantitative estimate of drug-likeness (QED) is 0.683. The number of nitrogens with one attached hydrogen (secondary N) is 1. The van der Waals surface area contributed by atoms with Gasteiger partial charge in [-0.2, -0.15) is 5.10 Å². The maximum absolute atomic E-state index is 12.3. The van der Waals surface area contributed by atoms with E-state index in [4.69, 9.17) is 0 Å². The fraction of sp³-hybridized carbons (Fsp3) is 0.235. The summed E-state index contributed by atoms with van der Waals surface area (Å²) in [4.78, 5) is 16.8.